The van der Waals surface area contributed by atoms with Crippen LogP contribution in [0.3, 0.4) is 0 Å². The maximum Gasteiger partial charge on any atom is 0.410 e. The minimum atomic E-state index is -2.08. The second kappa shape index (κ2) is 7.93. The van der Waals surface area contributed by atoms with Crippen LogP contribution in [0.2, 0.25) is 19.6 Å². The number of halogens is 2. The van der Waals surface area contributed by atoms with Crippen LogP contribution in [0.4, 0.5) is 13.6 Å². The van der Waals surface area contributed by atoms with Crippen LogP contribution in [0.25, 0.3) is 0 Å². The molecule has 0 spiro atoms. The molecule has 0 bridgehead atoms. The normalized spacial score (nSPS) is 18.2. The lowest BCUT2D eigenvalue weighted by molar-refractivity contribution is 0.0171. The van der Waals surface area contributed by atoms with Crippen molar-refractivity contribution in [2.24, 2.45) is 5.92 Å². The van der Waals surface area contributed by atoms with Crippen LogP contribution >= 0.6 is 0 Å². The zero-order valence-corrected chi connectivity index (χ0v) is 18.9. The lowest BCUT2D eigenvalue weighted by atomic mass is 9.88. The van der Waals surface area contributed by atoms with Crippen LogP contribution in [0.15, 0.2) is 6.07 Å². The van der Waals surface area contributed by atoms with Gasteiger partial charge in [-0.1, -0.05) is 25.7 Å². The number of likely N-dealkylation sites (tertiary alicyclic amines) is 1. The summed E-state index contributed by atoms with van der Waals surface area (Å²) in [6.45, 7) is 13.4. The van der Waals surface area contributed by atoms with Crippen molar-refractivity contribution in [1.29, 1.82) is 0 Å². The molecule has 4 nitrogen and oxygen atoms in total. The second-order valence-corrected chi connectivity index (χ2v) is 14.7. The molecule has 1 amide bonds. The molecule has 0 aromatic heterocycles. The van der Waals surface area contributed by atoms with Crippen molar-refractivity contribution in [3.05, 3.63) is 28.8 Å². The van der Waals surface area contributed by atoms with Gasteiger partial charge >= 0.3 is 6.09 Å². The number of ketones is 1. The van der Waals surface area contributed by atoms with Crippen LogP contribution in [-0.4, -0.2) is 43.5 Å². The summed E-state index contributed by atoms with van der Waals surface area (Å²) in [6.07, 6.45) is 0.669. The van der Waals surface area contributed by atoms with Gasteiger partial charge in [0, 0.05) is 19.0 Å². The second-order valence-electron chi connectivity index (χ2n) is 9.62. The predicted molar refractivity (Wildman–Crippen MR) is 109 cm³/mol. The van der Waals surface area contributed by atoms with Crippen LogP contribution < -0.4 is 5.19 Å². The molecule has 28 heavy (non-hydrogen) atoms. The molecule has 2 rings (SSSR count). The molecule has 1 unspecified atom stereocenters. The number of hydrogen-bond donors (Lipinski definition) is 0. The summed E-state index contributed by atoms with van der Waals surface area (Å²) in [5.41, 5.74) is -0.363. The van der Waals surface area contributed by atoms with Gasteiger partial charge in [-0.05, 0) is 51.3 Å². The average Bonchev–Trinajstić information content (AvgIpc) is 2.55. The number of ether oxygens (including phenoxy) is 1. The Morgan fingerprint density at radius 3 is 2.32 bits per heavy atom. The first-order valence-electron chi connectivity index (χ1n) is 9.73. The minimum Gasteiger partial charge on any atom is -0.444 e. The SMILES string of the molecule is Cc1cc([Si](C)(C)C)c(F)c(F)c1C(=O)C1CCCN(C(=O)OC(C)(C)C)C1. The molecule has 0 radical (unpaired) electrons. The van der Waals surface area contributed by atoms with E-state index in [4.69, 9.17) is 4.74 Å². The predicted octanol–water partition coefficient (Wildman–Crippen LogP) is 4.65. The third-order valence-electron chi connectivity index (χ3n) is 4.90. The monoisotopic (exact) mass is 411 g/mol. The van der Waals surface area contributed by atoms with Gasteiger partial charge in [-0.3, -0.25) is 4.79 Å². The number of carbonyl (C=O) groups excluding carboxylic acids is 2. The van der Waals surface area contributed by atoms with Crippen molar-refractivity contribution in [3.8, 4) is 0 Å². The van der Waals surface area contributed by atoms with Crippen molar-refractivity contribution in [3.63, 3.8) is 0 Å². The van der Waals surface area contributed by atoms with Gasteiger partial charge in [0.15, 0.2) is 17.4 Å². The molecule has 0 aliphatic carbocycles. The number of amides is 1. The first-order valence-corrected chi connectivity index (χ1v) is 13.2. The van der Waals surface area contributed by atoms with Crippen molar-refractivity contribution in [2.75, 3.05) is 13.1 Å². The molecule has 0 N–H and O–H groups in total. The number of carbonyl (C=O) groups is 2. The van der Waals surface area contributed by atoms with E-state index in [1.54, 1.807) is 33.8 Å². The molecule has 1 fully saturated rings. The molecule has 1 aliphatic rings. The van der Waals surface area contributed by atoms with Crippen LogP contribution in [0.5, 0.6) is 0 Å². The van der Waals surface area contributed by atoms with Crippen molar-refractivity contribution in [1.82, 2.24) is 4.90 Å². The van der Waals surface area contributed by atoms with Gasteiger partial charge in [-0.15, -0.1) is 0 Å². The van der Waals surface area contributed by atoms with Crippen LogP contribution in [-0.2, 0) is 4.74 Å². The number of Topliss-reactive ketones (excluding diaryl/α,β-unsaturated/α-hetero) is 1. The summed E-state index contributed by atoms with van der Waals surface area (Å²) < 4.78 is 34.9. The summed E-state index contributed by atoms with van der Waals surface area (Å²) >= 11 is 0. The molecule has 1 atom stereocenters. The number of aryl methyl sites for hydroxylation is 1. The molecule has 1 aromatic rings. The number of benzene rings is 1. The van der Waals surface area contributed by atoms with E-state index in [1.165, 1.54) is 4.90 Å². The van der Waals surface area contributed by atoms with Crippen LogP contribution in [0, 0.1) is 24.5 Å². The summed E-state index contributed by atoms with van der Waals surface area (Å²) in [4.78, 5) is 26.8. The largest absolute Gasteiger partial charge is 0.444 e. The summed E-state index contributed by atoms with van der Waals surface area (Å²) in [5.74, 6) is -2.97. The molecule has 1 saturated heterocycles. The van der Waals surface area contributed by atoms with E-state index in [9.17, 15) is 18.4 Å². The van der Waals surface area contributed by atoms with Gasteiger partial charge in [0.25, 0.3) is 0 Å². The highest BCUT2D eigenvalue weighted by Gasteiger charge is 2.35. The fraction of sp³-hybridized carbons (Fsp3) is 0.619. The fourth-order valence-corrected chi connectivity index (χ4v) is 4.91. The average molecular weight is 412 g/mol. The Morgan fingerprint density at radius 2 is 1.79 bits per heavy atom. The molecule has 1 aliphatic heterocycles. The lowest BCUT2D eigenvalue weighted by Gasteiger charge is -2.33. The first-order chi connectivity index (χ1) is 12.7. The molecule has 1 heterocycles. The van der Waals surface area contributed by atoms with Crippen molar-refractivity contribution in [2.45, 2.75) is 65.8 Å². The Morgan fingerprint density at radius 1 is 1.18 bits per heavy atom. The van der Waals surface area contributed by atoms with Gasteiger partial charge < -0.3 is 9.64 Å². The standard InChI is InChI=1S/C21H31F2NO3Si/c1-13-11-15(28(5,6)7)17(22)18(23)16(13)19(25)14-9-8-10-24(12-14)20(26)27-21(2,3)4/h11,14H,8-10,12H2,1-7H3. The molecule has 0 saturated carbocycles. The van der Waals surface area contributed by atoms with Gasteiger partial charge in [0.05, 0.1) is 13.6 Å². The zero-order valence-electron chi connectivity index (χ0n) is 17.9. The Bertz CT molecular complexity index is 781. The Labute approximate surface area is 167 Å². The number of piperidine rings is 1. The third kappa shape index (κ3) is 4.99. The lowest BCUT2D eigenvalue weighted by Crippen LogP contribution is -2.45. The van der Waals surface area contributed by atoms with Crippen LogP contribution in [0.1, 0.15) is 49.5 Å². The highest BCUT2D eigenvalue weighted by Crippen LogP contribution is 2.27. The van der Waals surface area contributed by atoms with E-state index in [-0.39, 0.29) is 12.1 Å². The number of nitrogens with zero attached hydrogens (tertiary/aromatic N) is 1. The quantitative estimate of drug-likeness (QED) is 0.537. The first kappa shape index (κ1) is 22.5. The summed E-state index contributed by atoms with van der Waals surface area (Å²) in [5, 5.41) is 0.387. The minimum absolute atomic E-state index is 0.157. The fourth-order valence-electron chi connectivity index (χ4n) is 3.49. The number of rotatable bonds is 3. The highest BCUT2D eigenvalue weighted by atomic mass is 28.3. The van der Waals surface area contributed by atoms with Gasteiger partial charge in [-0.25, -0.2) is 13.6 Å². The maximum atomic E-state index is 14.9. The maximum absolute atomic E-state index is 14.9. The topological polar surface area (TPSA) is 46.6 Å². The summed E-state index contributed by atoms with van der Waals surface area (Å²) in [6, 6.07) is 1.62. The van der Waals surface area contributed by atoms with E-state index in [0.29, 0.717) is 30.1 Å². The van der Waals surface area contributed by atoms with Gasteiger partial charge in [0.2, 0.25) is 0 Å². The van der Waals surface area contributed by atoms with E-state index < -0.39 is 43.1 Å². The number of hydrogen-bond acceptors (Lipinski definition) is 3. The highest BCUT2D eigenvalue weighted by molar-refractivity contribution is 6.88. The summed E-state index contributed by atoms with van der Waals surface area (Å²) in [7, 11) is -2.08. The third-order valence-corrected chi connectivity index (χ3v) is 6.88. The molecular formula is C21H31F2NO3Si. The van der Waals surface area contributed by atoms with E-state index >= 15 is 0 Å². The molecule has 1 aromatic carbocycles. The zero-order chi connectivity index (χ0) is 21.4. The van der Waals surface area contributed by atoms with Gasteiger partial charge in [-0.2, -0.15) is 0 Å². The molecule has 156 valence electrons. The molecule has 7 heteroatoms. The van der Waals surface area contributed by atoms with E-state index in [1.807, 2.05) is 19.6 Å². The smallest absolute Gasteiger partial charge is 0.410 e. The van der Waals surface area contributed by atoms with Gasteiger partial charge in [0.1, 0.15) is 5.60 Å². The Hall–Kier alpha value is -1.76. The Balaban J connectivity index is 2.29. The Kier molecular flexibility index (Phi) is 6.38. The van der Waals surface area contributed by atoms with Crippen molar-refractivity contribution >= 4 is 25.1 Å². The van der Waals surface area contributed by atoms with E-state index in [0.717, 1.165) is 0 Å². The van der Waals surface area contributed by atoms with E-state index in [2.05, 4.69) is 0 Å². The van der Waals surface area contributed by atoms with Crippen molar-refractivity contribution < 1.29 is 23.1 Å². The molecular weight excluding hydrogens is 380 g/mol.